The molecule has 1 saturated heterocycles. The zero-order valence-corrected chi connectivity index (χ0v) is 17.7. The molecule has 0 spiro atoms. The monoisotopic (exact) mass is 446 g/mol. The van der Waals surface area contributed by atoms with Crippen molar-refractivity contribution in [3.63, 3.8) is 0 Å². The highest BCUT2D eigenvalue weighted by Gasteiger charge is 2.41. The summed E-state index contributed by atoms with van der Waals surface area (Å²) in [4.78, 5) is 31.1. The first-order valence-corrected chi connectivity index (χ1v) is 11.1. The van der Waals surface area contributed by atoms with Crippen molar-refractivity contribution in [3.8, 4) is 5.75 Å². The van der Waals surface area contributed by atoms with Crippen LogP contribution in [0.1, 0.15) is 6.42 Å². The van der Waals surface area contributed by atoms with Gasteiger partial charge in [0.15, 0.2) is 15.9 Å². The number of likely N-dealkylation sites (tertiary alicyclic amines) is 1. The Morgan fingerprint density at radius 1 is 1.23 bits per heavy atom. The quantitative estimate of drug-likeness (QED) is 0.424. The highest BCUT2D eigenvalue weighted by atomic mass is 32.2. The predicted octanol–water partition coefficient (Wildman–Crippen LogP) is 3.75. The van der Waals surface area contributed by atoms with E-state index in [1.165, 1.54) is 47.2 Å². The number of fused-ring (bicyclic) bond motifs is 1. The third-order valence-corrected chi connectivity index (χ3v) is 6.94. The largest absolute Gasteiger partial charge is 0.485 e. The molecule has 1 fully saturated rings. The summed E-state index contributed by atoms with van der Waals surface area (Å²) < 4.78 is 26.3. The summed E-state index contributed by atoms with van der Waals surface area (Å²) in [6, 6.07) is 13.1. The SMILES string of the molecule is COC(=O)[C@@H]1C[C@@H](Oc2ccccc2F)CN1C(=O)CSc1nc2ccccc2s1. The van der Waals surface area contributed by atoms with Gasteiger partial charge < -0.3 is 14.4 Å². The molecule has 0 radical (unpaired) electrons. The summed E-state index contributed by atoms with van der Waals surface area (Å²) in [5.41, 5.74) is 0.893. The van der Waals surface area contributed by atoms with E-state index in [-0.39, 0.29) is 30.4 Å². The molecular weight excluding hydrogens is 427 g/mol. The van der Waals surface area contributed by atoms with Gasteiger partial charge in [0, 0.05) is 6.42 Å². The second kappa shape index (κ2) is 9.01. The first-order chi connectivity index (χ1) is 14.5. The maximum Gasteiger partial charge on any atom is 0.328 e. The Kier molecular flexibility index (Phi) is 6.19. The molecule has 1 aliphatic rings. The number of esters is 1. The van der Waals surface area contributed by atoms with E-state index in [1.54, 1.807) is 12.1 Å². The zero-order valence-electron chi connectivity index (χ0n) is 16.1. The number of halogens is 1. The number of carbonyl (C=O) groups excluding carboxylic acids is 2. The standard InChI is InChI=1S/C21H19FN2O4S2/c1-27-20(26)16-10-13(28-17-8-4-2-6-14(17)22)11-24(16)19(25)12-29-21-23-15-7-3-5-9-18(15)30-21/h2-9,13,16H,10-12H2,1H3/t13-,16+/m1/s1. The molecule has 0 unspecified atom stereocenters. The van der Waals surface area contributed by atoms with Crippen molar-refractivity contribution < 1.29 is 23.5 Å². The van der Waals surface area contributed by atoms with Crippen LogP contribution < -0.4 is 4.74 Å². The van der Waals surface area contributed by atoms with Gasteiger partial charge in [-0.15, -0.1) is 11.3 Å². The van der Waals surface area contributed by atoms with Crippen LogP contribution >= 0.6 is 23.1 Å². The number of nitrogens with zero attached hydrogens (tertiary/aromatic N) is 2. The van der Waals surface area contributed by atoms with E-state index in [4.69, 9.17) is 9.47 Å². The van der Waals surface area contributed by atoms with Gasteiger partial charge in [-0.3, -0.25) is 4.79 Å². The van der Waals surface area contributed by atoms with E-state index in [1.807, 2.05) is 24.3 Å². The summed E-state index contributed by atoms with van der Waals surface area (Å²) in [6.07, 6.45) is -0.249. The lowest BCUT2D eigenvalue weighted by Crippen LogP contribution is -2.42. The van der Waals surface area contributed by atoms with Crippen LogP contribution in [0.25, 0.3) is 10.2 Å². The van der Waals surface area contributed by atoms with E-state index in [0.29, 0.717) is 0 Å². The van der Waals surface area contributed by atoms with E-state index in [0.717, 1.165) is 14.6 Å². The Balaban J connectivity index is 1.43. The van der Waals surface area contributed by atoms with Gasteiger partial charge >= 0.3 is 5.97 Å². The second-order valence-electron chi connectivity index (χ2n) is 6.73. The molecule has 0 aliphatic carbocycles. The minimum atomic E-state index is -0.754. The van der Waals surface area contributed by atoms with Gasteiger partial charge in [-0.1, -0.05) is 36.0 Å². The molecule has 0 bridgehead atoms. The van der Waals surface area contributed by atoms with Crippen LogP contribution in [-0.2, 0) is 14.3 Å². The summed E-state index contributed by atoms with van der Waals surface area (Å²) in [5.74, 6) is -0.963. The third kappa shape index (κ3) is 4.41. The van der Waals surface area contributed by atoms with E-state index in [9.17, 15) is 14.0 Å². The van der Waals surface area contributed by atoms with Crippen molar-refractivity contribution in [1.82, 2.24) is 9.88 Å². The third-order valence-electron chi connectivity index (χ3n) is 4.78. The molecular formula is C21H19FN2O4S2. The van der Waals surface area contributed by atoms with E-state index < -0.39 is 23.9 Å². The number of benzene rings is 2. The molecule has 1 aromatic heterocycles. The second-order valence-corrected chi connectivity index (χ2v) is 8.98. The van der Waals surface area contributed by atoms with Gasteiger partial charge in [-0.05, 0) is 24.3 Å². The van der Waals surface area contributed by atoms with Crippen molar-refractivity contribution in [2.45, 2.75) is 22.9 Å². The van der Waals surface area contributed by atoms with Gasteiger partial charge in [-0.2, -0.15) is 0 Å². The molecule has 2 atom stereocenters. The van der Waals surface area contributed by atoms with Crippen LogP contribution in [0.5, 0.6) is 5.75 Å². The van der Waals surface area contributed by atoms with Crippen molar-refractivity contribution in [2.75, 3.05) is 19.4 Å². The summed E-state index contributed by atoms with van der Waals surface area (Å²) >= 11 is 2.85. The number of aromatic nitrogens is 1. The Hall–Kier alpha value is -2.65. The lowest BCUT2D eigenvalue weighted by atomic mass is 10.2. The molecule has 1 aliphatic heterocycles. The number of rotatable bonds is 6. The van der Waals surface area contributed by atoms with Crippen molar-refractivity contribution >= 4 is 45.2 Å². The van der Waals surface area contributed by atoms with Crippen LogP contribution in [-0.4, -0.2) is 53.3 Å². The van der Waals surface area contributed by atoms with Crippen LogP contribution in [0.2, 0.25) is 0 Å². The highest BCUT2D eigenvalue weighted by Crippen LogP contribution is 2.31. The number of hydrogen-bond acceptors (Lipinski definition) is 7. The number of thiazole rings is 1. The van der Waals surface area contributed by atoms with Crippen LogP contribution in [0, 0.1) is 5.82 Å². The number of para-hydroxylation sites is 2. The van der Waals surface area contributed by atoms with Gasteiger partial charge in [0.05, 0.1) is 29.6 Å². The average molecular weight is 447 g/mol. The molecule has 6 nitrogen and oxygen atoms in total. The first kappa shape index (κ1) is 20.6. The minimum absolute atomic E-state index is 0.101. The molecule has 30 heavy (non-hydrogen) atoms. The minimum Gasteiger partial charge on any atom is -0.485 e. The highest BCUT2D eigenvalue weighted by molar-refractivity contribution is 8.01. The zero-order chi connectivity index (χ0) is 21.1. The van der Waals surface area contributed by atoms with Crippen molar-refractivity contribution in [3.05, 3.63) is 54.3 Å². The van der Waals surface area contributed by atoms with Gasteiger partial charge in [0.25, 0.3) is 0 Å². The molecule has 156 valence electrons. The molecule has 1 amide bonds. The molecule has 9 heteroatoms. The fraction of sp³-hybridized carbons (Fsp3) is 0.286. The van der Waals surface area contributed by atoms with Crippen molar-refractivity contribution in [2.24, 2.45) is 0 Å². The first-order valence-electron chi connectivity index (χ1n) is 9.32. The number of ether oxygens (including phenoxy) is 2. The average Bonchev–Trinajstić information content (AvgIpc) is 3.37. The number of methoxy groups -OCH3 is 1. The number of thioether (sulfide) groups is 1. The van der Waals surface area contributed by atoms with E-state index in [2.05, 4.69) is 4.98 Å². The van der Waals surface area contributed by atoms with Gasteiger partial charge in [0.2, 0.25) is 5.91 Å². The molecule has 2 aromatic carbocycles. The summed E-state index contributed by atoms with van der Waals surface area (Å²) in [6.45, 7) is 0.188. The predicted molar refractivity (Wildman–Crippen MR) is 113 cm³/mol. The maximum atomic E-state index is 13.9. The Morgan fingerprint density at radius 3 is 2.77 bits per heavy atom. The smallest absolute Gasteiger partial charge is 0.328 e. The topological polar surface area (TPSA) is 68.7 Å². The summed E-state index contributed by atoms with van der Waals surface area (Å²) in [5, 5.41) is 0. The molecule has 3 aromatic rings. The Morgan fingerprint density at radius 2 is 2.00 bits per heavy atom. The van der Waals surface area contributed by atoms with Crippen LogP contribution in [0.3, 0.4) is 0 Å². The van der Waals surface area contributed by atoms with Crippen LogP contribution in [0.4, 0.5) is 4.39 Å². The lowest BCUT2D eigenvalue weighted by Gasteiger charge is -2.21. The molecule has 0 saturated carbocycles. The normalized spacial score (nSPS) is 18.5. The summed E-state index contributed by atoms with van der Waals surface area (Å²) in [7, 11) is 1.28. The van der Waals surface area contributed by atoms with Crippen molar-refractivity contribution in [1.29, 1.82) is 0 Å². The number of hydrogen-bond donors (Lipinski definition) is 0. The fourth-order valence-electron chi connectivity index (χ4n) is 3.36. The Labute approximate surface area is 181 Å². The van der Waals surface area contributed by atoms with E-state index >= 15 is 0 Å². The van der Waals surface area contributed by atoms with Gasteiger partial charge in [0.1, 0.15) is 12.1 Å². The molecule has 0 N–H and O–H groups in total. The fourth-order valence-corrected chi connectivity index (χ4v) is 5.31. The lowest BCUT2D eigenvalue weighted by molar-refractivity contribution is -0.150. The maximum absolute atomic E-state index is 13.9. The van der Waals surface area contributed by atoms with Crippen LogP contribution in [0.15, 0.2) is 52.9 Å². The molecule has 2 heterocycles. The number of carbonyl (C=O) groups is 2. The van der Waals surface area contributed by atoms with Gasteiger partial charge in [-0.25, -0.2) is 14.2 Å². The molecule has 4 rings (SSSR count). The number of amides is 1. The Bertz CT molecular complexity index is 1040.